The fourth-order valence-corrected chi connectivity index (χ4v) is 2.56. The number of carbonyl (C=O) groups excluding carboxylic acids is 2. The van der Waals surface area contributed by atoms with E-state index in [9.17, 15) is 9.59 Å². The van der Waals surface area contributed by atoms with Crippen LogP contribution in [0.3, 0.4) is 0 Å². The third-order valence-electron chi connectivity index (χ3n) is 3.81. The predicted octanol–water partition coefficient (Wildman–Crippen LogP) is 4.75. The normalized spacial score (nSPS) is 11.8. The standard InChI is InChI=1S/C19H28ClNO3/c1-3-4-5-6-7-8-11-14-24-19(23)15(2)21-18(22)16-12-9-10-13-17(16)20/h9-10,12-13,15H,3-8,11,14H2,1-2H3,(H,21,22). The summed E-state index contributed by atoms with van der Waals surface area (Å²) in [6.07, 6.45) is 8.16. The number of rotatable bonds is 11. The quantitative estimate of drug-likeness (QED) is 0.461. The van der Waals surface area contributed by atoms with Gasteiger partial charge in [-0.15, -0.1) is 0 Å². The molecule has 134 valence electrons. The number of ether oxygens (including phenoxy) is 1. The van der Waals surface area contributed by atoms with Crippen LogP contribution in [0.5, 0.6) is 0 Å². The van der Waals surface area contributed by atoms with Gasteiger partial charge in [0, 0.05) is 0 Å². The van der Waals surface area contributed by atoms with Crippen LogP contribution in [0.2, 0.25) is 5.02 Å². The highest BCUT2D eigenvalue weighted by atomic mass is 35.5. The van der Waals surface area contributed by atoms with E-state index in [1.807, 2.05) is 0 Å². The molecule has 1 N–H and O–H groups in total. The molecule has 0 saturated carbocycles. The van der Waals surface area contributed by atoms with Gasteiger partial charge in [0.05, 0.1) is 17.2 Å². The first-order valence-corrected chi connectivity index (χ1v) is 9.16. The topological polar surface area (TPSA) is 55.4 Å². The molecule has 4 nitrogen and oxygen atoms in total. The maximum Gasteiger partial charge on any atom is 0.328 e. The van der Waals surface area contributed by atoms with E-state index in [1.54, 1.807) is 31.2 Å². The van der Waals surface area contributed by atoms with E-state index >= 15 is 0 Å². The number of amides is 1. The molecule has 1 atom stereocenters. The monoisotopic (exact) mass is 353 g/mol. The Hall–Kier alpha value is -1.55. The van der Waals surface area contributed by atoms with Crippen LogP contribution >= 0.6 is 11.6 Å². The molecule has 0 aliphatic carbocycles. The van der Waals surface area contributed by atoms with E-state index in [0.717, 1.165) is 12.8 Å². The number of nitrogens with one attached hydrogen (secondary N) is 1. The lowest BCUT2D eigenvalue weighted by molar-refractivity contribution is -0.145. The van der Waals surface area contributed by atoms with Crippen molar-refractivity contribution in [2.24, 2.45) is 0 Å². The van der Waals surface area contributed by atoms with Crippen molar-refractivity contribution in [2.45, 2.75) is 64.8 Å². The van der Waals surface area contributed by atoms with Crippen molar-refractivity contribution in [3.8, 4) is 0 Å². The fourth-order valence-electron chi connectivity index (χ4n) is 2.34. The Labute approximate surface area is 149 Å². The van der Waals surface area contributed by atoms with Gasteiger partial charge in [0.15, 0.2) is 0 Å². The molecule has 1 amide bonds. The first kappa shape index (κ1) is 20.5. The molecule has 1 unspecified atom stereocenters. The van der Waals surface area contributed by atoms with Gasteiger partial charge in [-0.1, -0.05) is 69.2 Å². The Morgan fingerprint density at radius 3 is 2.38 bits per heavy atom. The third-order valence-corrected chi connectivity index (χ3v) is 4.14. The van der Waals surface area contributed by atoms with Crippen LogP contribution in [0.15, 0.2) is 24.3 Å². The summed E-state index contributed by atoms with van der Waals surface area (Å²) in [5.41, 5.74) is 0.353. The Kier molecular flexibility index (Phi) is 10.2. The SMILES string of the molecule is CCCCCCCCCOC(=O)C(C)NC(=O)c1ccccc1Cl. The van der Waals surface area contributed by atoms with Crippen molar-refractivity contribution in [3.63, 3.8) is 0 Å². The number of unbranched alkanes of at least 4 members (excludes halogenated alkanes) is 6. The molecule has 0 fully saturated rings. The fraction of sp³-hybridized carbons (Fsp3) is 0.579. The molecule has 0 radical (unpaired) electrons. The zero-order chi connectivity index (χ0) is 17.8. The second kappa shape index (κ2) is 11.9. The number of benzene rings is 1. The molecule has 1 aromatic rings. The van der Waals surface area contributed by atoms with Crippen LogP contribution in [0.25, 0.3) is 0 Å². The first-order valence-electron chi connectivity index (χ1n) is 8.78. The molecule has 0 bridgehead atoms. The van der Waals surface area contributed by atoms with Gasteiger partial charge in [-0.25, -0.2) is 4.79 Å². The molecule has 0 aliphatic heterocycles. The minimum atomic E-state index is -0.696. The largest absolute Gasteiger partial charge is 0.464 e. The van der Waals surface area contributed by atoms with Gasteiger partial charge in [-0.2, -0.15) is 0 Å². The zero-order valence-corrected chi connectivity index (χ0v) is 15.4. The van der Waals surface area contributed by atoms with Gasteiger partial charge in [0.2, 0.25) is 0 Å². The maximum absolute atomic E-state index is 12.1. The molecule has 24 heavy (non-hydrogen) atoms. The van der Waals surface area contributed by atoms with Crippen LogP contribution in [-0.4, -0.2) is 24.5 Å². The molecule has 0 spiro atoms. The van der Waals surface area contributed by atoms with E-state index in [4.69, 9.17) is 16.3 Å². The van der Waals surface area contributed by atoms with Crippen molar-refractivity contribution in [1.29, 1.82) is 0 Å². The lowest BCUT2D eigenvalue weighted by Crippen LogP contribution is -2.39. The Balaban J connectivity index is 2.21. The summed E-state index contributed by atoms with van der Waals surface area (Å²) >= 11 is 5.97. The Morgan fingerprint density at radius 2 is 1.71 bits per heavy atom. The van der Waals surface area contributed by atoms with Crippen molar-refractivity contribution in [1.82, 2.24) is 5.32 Å². The molecule has 0 aromatic heterocycles. The van der Waals surface area contributed by atoms with Crippen molar-refractivity contribution >= 4 is 23.5 Å². The average molecular weight is 354 g/mol. The van der Waals surface area contributed by atoms with E-state index in [2.05, 4.69) is 12.2 Å². The number of hydrogen-bond acceptors (Lipinski definition) is 3. The van der Waals surface area contributed by atoms with Gasteiger partial charge in [-0.05, 0) is 25.5 Å². The number of hydrogen-bond donors (Lipinski definition) is 1. The van der Waals surface area contributed by atoms with Gasteiger partial charge in [-0.3, -0.25) is 4.79 Å². The summed E-state index contributed by atoms with van der Waals surface area (Å²) in [6.45, 7) is 4.21. The molecule has 0 saturated heterocycles. The molecule has 1 aromatic carbocycles. The molecule has 0 heterocycles. The summed E-state index contributed by atoms with van der Waals surface area (Å²) in [6, 6.07) is 6.04. The van der Waals surface area contributed by atoms with E-state index in [0.29, 0.717) is 17.2 Å². The molecular formula is C19H28ClNO3. The van der Waals surface area contributed by atoms with E-state index in [-0.39, 0.29) is 5.91 Å². The maximum atomic E-state index is 12.1. The highest BCUT2D eigenvalue weighted by Crippen LogP contribution is 2.14. The van der Waals surface area contributed by atoms with Crippen molar-refractivity contribution in [3.05, 3.63) is 34.9 Å². The molecule has 1 rings (SSSR count). The van der Waals surface area contributed by atoms with Crippen LogP contribution in [0, 0.1) is 0 Å². The highest BCUT2D eigenvalue weighted by Gasteiger charge is 2.19. The summed E-state index contributed by atoms with van der Waals surface area (Å²) in [5.74, 6) is -0.789. The highest BCUT2D eigenvalue weighted by molar-refractivity contribution is 6.33. The summed E-state index contributed by atoms with van der Waals surface area (Å²) < 4.78 is 5.21. The van der Waals surface area contributed by atoms with Crippen LogP contribution in [0.4, 0.5) is 0 Å². The van der Waals surface area contributed by atoms with Crippen LogP contribution in [-0.2, 0) is 9.53 Å². The lowest BCUT2D eigenvalue weighted by atomic mass is 10.1. The molecule has 5 heteroatoms. The smallest absolute Gasteiger partial charge is 0.328 e. The van der Waals surface area contributed by atoms with Crippen molar-refractivity contribution in [2.75, 3.05) is 6.61 Å². The number of esters is 1. The summed E-state index contributed by atoms with van der Waals surface area (Å²) in [4.78, 5) is 24.0. The van der Waals surface area contributed by atoms with Crippen LogP contribution < -0.4 is 5.32 Å². The minimum Gasteiger partial charge on any atom is -0.464 e. The number of carbonyl (C=O) groups is 2. The lowest BCUT2D eigenvalue weighted by Gasteiger charge is -2.14. The molecular weight excluding hydrogens is 326 g/mol. The minimum absolute atomic E-state index is 0.353. The number of halogens is 1. The second-order valence-electron chi connectivity index (χ2n) is 5.96. The first-order chi connectivity index (χ1) is 11.6. The summed E-state index contributed by atoms with van der Waals surface area (Å²) in [5, 5.41) is 2.97. The van der Waals surface area contributed by atoms with Gasteiger partial charge < -0.3 is 10.1 Å². The van der Waals surface area contributed by atoms with Gasteiger partial charge >= 0.3 is 5.97 Å². The van der Waals surface area contributed by atoms with Crippen molar-refractivity contribution < 1.29 is 14.3 Å². The predicted molar refractivity (Wildman–Crippen MR) is 97.3 cm³/mol. The Morgan fingerprint density at radius 1 is 1.08 bits per heavy atom. The Bertz CT molecular complexity index is 519. The summed E-state index contributed by atoms with van der Waals surface area (Å²) in [7, 11) is 0. The van der Waals surface area contributed by atoms with Crippen LogP contribution in [0.1, 0.15) is 69.2 Å². The van der Waals surface area contributed by atoms with E-state index < -0.39 is 12.0 Å². The average Bonchev–Trinajstić information content (AvgIpc) is 2.57. The zero-order valence-electron chi connectivity index (χ0n) is 14.6. The van der Waals surface area contributed by atoms with E-state index in [1.165, 1.54) is 32.1 Å². The third kappa shape index (κ3) is 7.82. The van der Waals surface area contributed by atoms with Gasteiger partial charge in [0.25, 0.3) is 5.91 Å². The second-order valence-corrected chi connectivity index (χ2v) is 6.37. The molecule has 0 aliphatic rings. The van der Waals surface area contributed by atoms with Gasteiger partial charge in [0.1, 0.15) is 6.04 Å².